The van der Waals surface area contributed by atoms with Crippen molar-refractivity contribution in [2.24, 2.45) is 21.7 Å². The molecule has 0 aromatic rings. The fourth-order valence-corrected chi connectivity index (χ4v) is 2.71. The Labute approximate surface area is 214 Å². The molecule has 1 saturated heterocycles. The fraction of sp³-hybridized carbons (Fsp3) is 0.846. The molecule has 5 atom stereocenters. The highest BCUT2D eigenvalue weighted by atomic mass is 16.7. The number of ether oxygens (including phenoxy) is 5. The first-order chi connectivity index (χ1) is 16.0. The van der Waals surface area contributed by atoms with Gasteiger partial charge in [0.2, 0.25) is 0 Å². The van der Waals surface area contributed by atoms with Crippen molar-refractivity contribution in [2.75, 3.05) is 6.61 Å². The molecular formula is C26H44O10. The fourth-order valence-electron chi connectivity index (χ4n) is 2.71. The predicted octanol–water partition coefficient (Wildman–Crippen LogP) is 3.17. The van der Waals surface area contributed by atoms with Crippen LogP contribution < -0.4 is 0 Å². The van der Waals surface area contributed by atoms with Crippen molar-refractivity contribution in [3.05, 3.63) is 0 Å². The molecule has 0 aliphatic carbocycles. The molecule has 10 heteroatoms. The highest BCUT2D eigenvalue weighted by molar-refractivity contribution is 5.78. The van der Waals surface area contributed by atoms with Gasteiger partial charge in [0.25, 0.3) is 0 Å². The highest BCUT2D eigenvalue weighted by Crippen LogP contribution is 2.33. The highest BCUT2D eigenvalue weighted by Gasteiger charge is 2.54. The molecule has 0 spiro atoms. The van der Waals surface area contributed by atoms with Gasteiger partial charge in [0.15, 0.2) is 24.6 Å². The van der Waals surface area contributed by atoms with Crippen molar-refractivity contribution in [2.45, 2.75) is 114 Å². The molecule has 1 heterocycles. The largest absolute Gasteiger partial charge is 0.462 e. The summed E-state index contributed by atoms with van der Waals surface area (Å²) in [7, 11) is 0. The van der Waals surface area contributed by atoms with Crippen molar-refractivity contribution in [3.63, 3.8) is 0 Å². The molecule has 0 saturated carbocycles. The maximum Gasteiger partial charge on any atom is 0.311 e. The summed E-state index contributed by atoms with van der Waals surface area (Å²) in [5, 5.41) is 10.8. The Balaban J connectivity index is 3.50. The summed E-state index contributed by atoms with van der Waals surface area (Å²) in [4.78, 5) is 50.8. The molecule has 5 unspecified atom stereocenters. The molecule has 1 N–H and O–H groups in total. The standard InChI is InChI=1S/C26H44O10/c1-23(2,3)19(28)32-13-14-15(34-20(29)24(4,5)6)16(35-21(30)25(7,8)9)17(18(27)33-14)36-22(31)26(10,11)12/h14-18,27H,13H2,1-12H3. The van der Waals surface area contributed by atoms with E-state index in [9.17, 15) is 24.3 Å². The summed E-state index contributed by atoms with van der Waals surface area (Å²) in [6.45, 7) is 19.2. The van der Waals surface area contributed by atoms with Crippen LogP contribution in [-0.2, 0) is 42.9 Å². The summed E-state index contributed by atoms with van der Waals surface area (Å²) in [5.41, 5.74) is -3.68. The van der Waals surface area contributed by atoms with Gasteiger partial charge in [-0.05, 0) is 83.1 Å². The van der Waals surface area contributed by atoms with Gasteiger partial charge in [-0.25, -0.2) is 0 Å². The SMILES string of the molecule is CC(C)(C)C(=O)OCC1OC(O)C(OC(=O)C(C)(C)C)C(OC(=O)C(C)(C)C)C1OC(=O)C(C)(C)C. The summed E-state index contributed by atoms with van der Waals surface area (Å²) >= 11 is 0. The first kappa shape index (κ1) is 31.8. The van der Waals surface area contributed by atoms with Crippen LogP contribution in [0.2, 0.25) is 0 Å². The van der Waals surface area contributed by atoms with Crippen LogP contribution in [0.15, 0.2) is 0 Å². The number of rotatable bonds is 5. The topological polar surface area (TPSA) is 135 Å². The Morgan fingerprint density at radius 3 is 1.28 bits per heavy atom. The van der Waals surface area contributed by atoms with Gasteiger partial charge in [-0.15, -0.1) is 0 Å². The zero-order valence-electron chi connectivity index (χ0n) is 23.7. The van der Waals surface area contributed by atoms with Crippen molar-refractivity contribution in [1.29, 1.82) is 0 Å². The zero-order valence-corrected chi connectivity index (χ0v) is 23.7. The second-order valence-corrected chi connectivity index (χ2v) is 13.3. The maximum atomic E-state index is 12.9. The quantitative estimate of drug-likeness (QED) is 0.429. The molecule has 36 heavy (non-hydrogen) atoms. The predicted molar refractivity (Wildman–Crippen MR) is 129 cm³/mol. The first-order valence-electron chi connectivity index (χ1n) is 12.1. The Kier molecular flexibility index (Phi) is 9.77. The molecule has 0 radical (unpaired) electrons. The molecule has 0 aromatic heterocycles. The molecule has 0 bridgehead atoms. The second kappa shape index (κ2) is 11.0. The maximum absolute atomic E-state index is 12.9. The minimum absolute atomic E-state index is 0.404. The summed E-state index contributed by atoms with van der Waals surface area (Å²) in [6, 6.07) is 0. The van der Waals surface area contributed by atoms with Gasteiger partial charge in [-0.3, -0.25) is 19.2 Å². The Morgan fingerprint density at radius 2 is 0.917 bits per heavy atom. The van der Waals surface area contributed by atoms with Gasteiger partial charge in [-0.2, -0.15) is 0 Å². The average Bonchev–Trinajstić information content (AvgIpc) is 2.67. The Morgan fingerprint density at radius 1 is 0.583 bits per heavy atom. The zero-order chi connectivity index (χ0) is 28.4. The van der Waals surface area contributed by atoms with Crippen LogP contribution >= 0.6 is 0 Å². The summed E-state index contributed by atoms with van der Waals surface area (Å²) in [5.74, 6) is -2.57. The number of aliphatic hydroxyl groups is 1. The summed E-state index contributed by atoms with van der Waals surface area (Å²) in [6.07, 6.45) is -7.25. The van der Waals surface area contributed by atoms with E-state index in [4.69, 9.17) is 23.7 Å². The van der Waals surface area contributed by atoms with Crippen LogP contribution in [0.4, 0.5) is 0 Å². The van der Waals surface area contributed by atoms with Crippen LogP contribution in [0.3, 0.4) is 0 Å². The van der Waals surface area contributed by atoms with Gasteiger partial charge < -0.3 is 28.8 Å². The van der Waals surface area contributed by atoms with Crippen LogP contribution in [0.1, 0.15) is 83.1 Å². The van der Waals surface area contributed by atoms with Crippen LogP contribution in [0.5, 0.6) is 0 Å². The smallest absolute Gasteiger partial charge is 0.311 e. The molecule has 10 nitrogen and oxygen atoms in total. The molecule has 0 amide bonds. The van der Waals surface area contributed by atoms with Gasteiger partial charge >= 0.3 is 23.9 Å². The van der Waals surface area contributed by atoms with Crippen molar-refractivity contribution in [3.8, 4) is 0 Å². The van der Waals surface area contributed by atoms with Gasteiger partial charge in [0.05, 0.1) is 21.7 Å². The lowest BCUT2D eigenvalue weighted by Gasteiger charge is -2.44. The van der Waals surface area contributed by atoms with Crippen LogP contribution in [0.25, 0.3) is 0 Å². The lowest BCUT2D eigenvalue weighted by Crippen LogP contribution is -2.63. The normalized spacial score (nSPS) is 25.5. The van der Waals surface area contributed by atoms with E-state index in [0.29, 0.717) is 0 Å². The summed E-state index contributed by atoms with van der Waals surface area (Å²) < 4.78 is 28.0. The minimum Gasteiger partial charge on any atom is -0.462 e. The van der Waals surface area contributed by atoms with E-state index in [1.807, 2.05) is 0 Å². The second-order valence-electron chi connectivity index (χ2n) is 13.3. The first-order valence-corrected chi connectivity index (χ1v) is 12.1. The van der Waals surface area contributed by atoms with E-state index < -0.39 is 82.8 Å². The third kappa shape index (κ3) is 8.73. The van der Waals surface area contributed by atoms with Crippen LogP contribution in [0, 0.1) is 21.7 Å². The third-order valence-electron chi connectivity index (χ3n) is 5.17. The Hall–Kier alpha value is -2.20. The number of carbonyl (C=O) groups is 4. The van der Waals surface area contributed by atoms with E-state index in [-0.39, 0.29) is 0 Å². The third-order valence-corrected chi connectivity index (χ3v) is 5.17. The number of hydrogen-bond acceptors (Lipinski definition) is 10. The van der Waals surface area contributed by atoms with Gasteiger partial charge in [-0.1, -0.05) is 0 Å². The van der Waals surface area contributed by atoms with Crippen molar-refractivity contribution < 1.29 is 48.0 Å². The Bertz CT molecular complexity index is 820. The van der Waals surface area contributed by atoms with E-state index >= 15 is 0 Å². The number of carbonyl (C=O) groups excluding carboxylic acids is 4. The molecule has 1 fully saturated rings. The lowest BCUT2D eigenvalue weighted by atomic mass is 9.93. The van der Waals surface area contributed by atoms with E-state index in [0.717, 1.165) is 0 Å². The molecule has 208 valence electrons. The van der Waals surface area contributed by atoms with Crippen molar-refractivity contribution in [1.82, 2.24) is 0 Å². The number of aliphatic hydroxyl groups excluding tert-OH is 1. The van der Waals surface area contributed by atoms with E-state index in [2.05, 4.69) is 0 Å². The van der Waals surface area contributed by atoms with Crippen molar-refractivity contribution >= 4 is 23.9 Å². The lowest BCUT2D eigenvalue weighted by molar-refractivity contribution is -0.300. The molecule has 1 aliphatic rings. The van der Waals surface area contributed by atoms with E-state index in [1.54, 1.807) is 83.1 Å². The monoisotopic (exact) mass is 516 g/mol. The van der Waals surface area contributed by atoms with Gasteiger partial charge in [0.1, 0.15) is 12.7 Å². The van der Waals surface area contributed by atoms with E-state index in [1.165, 1.54) is 0 Å². The van der Waals surface area contributed by atoms with Crippen LogP contribution in [-0.4, -0.2) is 66.3 Å². The molecule has 1 aliphatic heterocycles. The molecule has 1 rings (SSSR count). The molecule has 0 aromatic carbocycles. The molecular weight excluding hydrogens is 472 g/mol. The number of esters is 4. The number of hydrogen-bond donors (Lipinski definition) is 1. The minimum atomic E-state index is -1.75. The van der Waals surface area contributed by atoms with Gasteiger partial charge in [0, 0.05) is 0 Å². The average molecular weight is 517 g/mol.